The van der Waals surface area contributed by atoms with E-state index in [9.17, 15) is 13.2 Å². The smallest absolute Gasteiger partial charge is 0.264 e. The maximum absolute atomic E-state index is 13.8. The number of carbonyl (C=O) groups excluding carboxylic acids is 1. The molecule has 0 unspecified atom stereocenters. The zero-order valence-corrected chi connectivity index (χ0v) is 22.7. The van der Waals surface area contributed by atoms with Gasteiger partial charge in [-0.1, -0.05) is 84.9 Å². The second kappa shape index (κ2) is 12.3. The van der Waals surface area contributed by atoms with Crippen LogP contribution in [0.4, 0.5) is 5.69 Å². The summed E-state index contributed by atoms with van der Waals surface area (Å²) >= 11 is 0. The van der Waals surface area contributed by atoms with Gasteiger partial charge in [0.15, 0.2) is 0 Å². The molecule has 1 saturated heterocycles. The van der Waals surface area contributed by atoms with Gasteiger partial charge in [0.1, 0.15) is 0 Å². The van der Waals surface area contributed by atoms with Crippen molar-refractivity contribution in [2.24, 2.45) is 0 Å². The summed E-state index contributed by atoms with van der Waals surface area (Å²) in [6.45, 7) is 3.70. The average molecular weight is 540 g/mol. The number of rotatable bonds is 10. The Kier molecular flexibility index (Phi) is 8.39. The van der Waals surface area contributed by atoms with Gasteiger partial charge in [0.25, 0.3) is 15.9 Å². The lowest BCUT2D eigenvalue weighted by Crippen LogP contribution is -2.33. The minimum absolute atomic E-state index is 0.0981. The monoisotopic (exact) mass is 539 g/mol. The lowest BCUT2D eigenvalue weighted by atomic mass is 10.1. The maximum Gasteiger partial charge on any atom is 0.264 e. The zero-order valence-electron chi connectivity index (χ0n) is 21.9. The van der Waals surface area contributed by atoms with E-state index in [0.29, 0.717) is 17.8 Å². The molecule has 1 amide bonds. The van der Waals surface area contributed by atoms with Crippen LogP contribution in [0.15, 0.2) is 114 Å². The molecule has 0 spiro atoms. The topological polar surface area (TPSA) is 69.7 Å². The first-order valence-corrected chi connectivity index (χ1v) is 14.7. The summed E-state index contributed by atoms with van der Waals surface area (Å²) in [7, 11) is -3.94. The van der Waals surface area contributed by atoms with Crippen LogP contribution in [0.2, 0.25) is 0 Å². The number of carbonyl (C=O) groups is 1. The predicted molar refractivity (Wildman–Crippen MR) is 155 cm³/mol. The molecule has 1 N–H and O–H groups in total. The predicted octanol–water partition coefficient (Wildman–Crippen LogP) is 5.61. The van der Waals surface area contributed by atoms with Crippen LogP contribution in [0.5, 0.6) is 0 Å². The summed E-state index contributed by atoms with van der Waals surface area (Å²) in [5.74, 6) is -0.326. The first-order valence-electron chi connectivity index (χ1n) is 13.3. The van der Waals surface area contributed by atoms with Gasteiger partial charge in [-0.15, -0.1) is 0 Å². The third-order valence-corrected chi connectivity index (χ3v) is 8.77. The number of anilines is 1. The van der Waals surface area contributed by atoms with Gasteiger partial charge in [-0.3, -0.25) is 14.0 Å². The third-order valence-electron chi connectivity index (χ3n) is 7.00. The number of hydrogen-bond acceptors (Lipinski definition) is 4. The molecule has 7 heteroatoms. The normalized spacial score (nSPS) is 13.7. The van der Waals surface area contributed by atoms with Crippen molar-refractivity contribution < 1.29 is 13.2 Å². The molecule has 0 atom stereocenters. The Bertz CT molecular complexity index is 1480. The highest BCUT2D eigenvalue weighted by atomic mass is 32.2. The second-order valence-corrected chi connectivity index (χ2v) is 11.7. The lowest BCUT2D eigenvalue weighted by Gasteiger charge is -2.26. The SMILES string of the molecule is O=C(NCc1ccc(CN2CCCC2)cc1)c1ccccc1N(Cc1ccccc1)S(=O)(=O)c1ccccc1. The van der Waals surface area contributed by atoms with Gasteiger partial charge in [-0.25, -0.2) is 8.42 Å². The van der Waals surface area contributed by atoms with Gasteiger partial charge in [0, 0.05) is 13.1 Å². The van der Waals surface area contributed by atoms with E-state index in [1.54, 1.807) is 54.6 Å². The van der Waals surface area contributed by atoms with Gasteiger partial charge >= 0.3 is 0 Å². The van der Waals surface area contributed by atoms with Gasteiger partial charge in [0.2, 0.25) is 0 Å². The van der Waals surface area contributed by atoms with Crippen molar-refractivity contribution in [2.75, 3.05) is 17.4 Å². The Morgan fingerprint density at radius 3 is 2.00 bits per heavy atom. The van der Waals surface area contributed by atoms with Crippen LogP contribution >= 0.6 is 0 Å². The van der Waals surface area contributed by atoms with E-state index >= 15 is 0 Å². The molecule has 1 heterocycles. The van der Waals surface area contributed by atoms with Crippen molar-refractivity contribution >= 4 is 21.6 Å². The number of amides is 1. The fourth-order valence-electron chi connectivity index (χ4n) is 4.89. The number of hydrogen-bond donors (Lipinski definition) is 1. The highest BCUT2D eigenvalue weighted by Crippen LogP contribution is 2.29. The number of nitrogens with zero attached hydrogens (tertiary/aromatic N) is 2. The molecule has 6 nitrogen and oxygen atoms in total. The third kappa shape index (κ3) is 6.56. The number of benzene rings is 4. The Morgan fingerprint density at radius 2 is 1.31 bits per heavy atom. The zero-order chi connectivity index (χ0) is 27.1. The largest absolute Gasteiger partial charge is 0.348 e. The number of nitrogens with one attached hydrogen (secondary N) is 1. The van der Waals surface area contributed by atoms with Gasteiger partial charge in [-0.05, 0) is 66.9 Å². The van der Waals surface area contributed by atoms with E-state index in [2.05, 4.69) is 22.3 Å². The van der Waals surface area contributed by atoms with Crippen LogP contribution in [-0.2, 0) is 29.7 Å². The Hall–Kier alpha value is -3.94. The summed E-state index contributed by atoms with van der Waals surface area (Å²) in [4.78, 5) is 16.0. The average Bonchev–Trinajstić information content (AvgIpc) is 3.49. The van der Waals surface area contributed by atoms with Crippen molar-refractivity contribution in [2.45, 2.75) is 37.4 Å². The van der Waals surface area contributed by atoms with Crippen molar-refractivity contribution in [3.63, 3.8) is 0 Å². The molecule has 0 saturated carbocycles. The van der Waals surface area contributed by atoms with Crippen molar-refractivity contribution in [1.29, 1.82) is 0 Å². The van der Waals surface area contributed by atoms with Gasteiger partial charge in [0.05, 0.1) is 22.7 Å². The summed E-state index contributed by atoms with van der Waals surface area (Å²) in [5.41, 5.74) is 3.72. The van der Waals surface area contributed by atoms with Crippen LogP contribution in [0.25, 0.3) is 0 Å². The van der Waals surface area contributed by atoms with E-state index in [1.807, 2.05) is 42.5 Å². The first kappa shape index (κ1) is 26.7. The van der Waals surface area contributed by atoms with E-state index in [0.717, 1.165) is 30.8 Å². The van der Waals surface area contributed by atoms with Crippen molar-refractivity contribution in [3.05, 3.63) is 131 Å². The standard InChI is InChI=1S/C32H33N3O3S/c36-32(33-23-26-17-19-28(20-18-26)24-34-21-9-10-22-34)30-15-7-8-16-31(30)35(25-27-11-3-1-4-12-27)39(37,38)29-13-5-2-6-14-29/h1-8,11-20H,9-10,21-25H2,(H,33,36). The van der Waals surface area contributed by atoms with Crippen LogP contribution in [0, 0.1) is 0 Å². The minimum Gasteiger partial charge on any atom is -0.348 e. The van der Waals surface area contributed by atoms with Crippen LogP contribution in [0.1, 0.15) is 39.9 Å². The van der Waals surface area contributed by atoms with E-state index in [4.69, 9.17) is 0 Å². The minimum atomic E-state index is -3.94. The molecule has 1 aliphatic rings. The number of sulfonamides is 1. The Morgan fingerprint density at radius 1 is 0.718 bits per heavy atom. The summed E-state index contributed by atoms with van der Waals surface area (Å²) in [5, 5.41) is 2.99. The molecule has 1 aliphatic heterocycles. The van der Waals surface area contributed by atoms with E-state index in [1.165, 1.54) is 22.7 Å². The lowest BCUT2D eigenvalue weighted by molar-refractivity contribution is 0.0951. The second-order valence-electron chi connectivity index (χ2n) is 9.81. The first-order chi connectivity index (χ1) is 19.0. The fraction of sp³-hybridized carbons (Fsp3) is 0.219. The fourth-order valence-corrected chi connectivity index (χ4v) is 6.38. The molecule has 0 radical (unpaired) electrons. The van der Waals surface area contributed by atoms with Crippen LogP contribution < -0.4 is 9.62 Å². The summed E-state index contributed by atoms with van der Waals surface area (Å²) in [6.07, 6.45) is 2.53. The molecule has 200 valence electrons. The quantitative estimate of drug-likeness (QED) is 0.285. The van der Waals surface area contributed by atoms with Crippen molar-refractivity contribution in [3.8, 4) is 0 Å². The van der Waals surface area contributed by atoms with Gasteiger partial charge in [-0.2, -0.15) is 0 Å². The highest BCUT2D eigenvalue weighted by molar-refractivity contribution is 7.92. The molecule has 5 rings (SSSR count). The summed E-state index contributed by atoms with van der Waals surface area (Å²) < 4.78 is 29.0. The highest BCUT2D eigenvalue weighted by Gasteiger charge is 2.28. The van der Waals surface area contributed by atoms with Crippen LogP contribution in [0.3, 0.4) is 0 Å². The molecular formula is C32H33N3O3S. The molecule has 4 aromatic carbocycles. The molecule has 0 bridgehead atoms. The van der Waals surface area contributed by atoms with Crippen LogP contribution in [-0.4, -0.2) is 32.3 Å². The van der Waals surface area contributed by atoms with Crippen molar-refractivity contribution in [1.82, 2.24) is 10.2 Å². The molecule has 4 aromatic rings. The molecule has 1 fully saturated rings. The maximum atomic E-state index is 13.8. The molecule has 39 heavy (non-hydrogen) atoms. The number of likely N-dealkylation sites (tertiary alicyclic amines) is 1. The Balaban J connectivity index is 1.37. The van der Waals surface area contributed by atoms with Gasteiger partial charge < -0.3 is 5.32 Å². The molecule has 0 aromatic heterocycles. The molecule has 0 aliphatic carbocycles. The Labute approximate surface area is 231 Å². The molecular weight excluding hydrogens is 506 g/mol. The van der Waals surface area contributed by atoms with E-state index < -0.39 is 10.0 Å². The summed E-state index contributed by atoms with van der Waals surface area (Å²) in [6, 6.07) is 32.9. The number of para-hydroxylation sites is 1. The van der Waals surface area contributed by atoms with E-state index in [-0.39, 0.29) is 17.3 Å².